The minimum atomic E-state index is -0.566. The van der Waals surface area contributed by atoms with Crippen molar-refractivity contribution in [3.05, 3.63) is 95.5 Å². The molecule has 0 radical (unpaired) electrons. The maximum atomic E-state index is 11.2. The van der Waals surface area contributed by atoms with Crippen molar-refractivity contribution in [1.82, 2.24) is 20.8 Å². The molecule has 5 rings (SSSR count). The number of carbonyl (C=O) groups is 2. The summed E-state index contributed by atoms with van der Waals surface area (Å²) >= 11 is 0. The van der Waals surface area contributed by atoms with Gasteiger partial charge in [0.25, 0.3) is 12.4 Å². The van der Waals surface area contributed by atoms with Gasteiger partial charge < -0.3 is 25.2 Å². The number of aromatic hydroxyl groups is 1. The number of benzene rings is 2. The minimum Gasteiger partial charge on any atom is -0.504 e. The van der Waals surface area contributed by atoms with E-state index < -0.39 is 5.91 Å². The highest BCUT2D eigenvalue weighted by molar-refractivity contribution is 5.91. The maximum absolute atomic E-state index is 11.2. The Bertz CT molecular complexity index is 1740. The maximum Gasteiger partial charge on any atom is 0.290 e. The lowest BCUT2D eigenvalue weighted by atomic mass is 9.92. The van der Waals surface area contributed by atoms with Crippen molar-refractivity contribution in [3.8, 4) is 39.8 Å². The zero-order valence-corrected chi connectivity index (χ0v) is 26.1. The summed E-state index contributed by atoms with van der Waals surface area (Å²) in [6.45, 7) is 4.23. The Kier molecular flexibility index (Phi) is 12.0. The van der Waals surface area contributed by atoms with E-state index in [0.29, 0.717) is 17.5 Å². The molecule has 5 N–H and O–H groups in total. The van der Waals surface area contributed by atoms with E-state index in [-0.39, 0.29) is 12.2 Å². The number of hydrogen-bond donors (Lipinski definition) is 5. The Hall–Kier alpha value is -5.77. The number of ether oxygens (including phenoxy) is 1. The van der Waals surface area contributed by atoms with E-state index in [0.717, 1.165) is 77.2 Å². The second-order valence-corrected chi connectivity index (χ2v) is 10.7. The molecule has 0 spiro atoms. The van der Waals surface area contributed by atoms with E-state index in [1.807, 2.05) is 42.6 Å². The largest absolute Gasteiger partial charge is 0.504 e. The van der Waals surface area contributed by atoms with Crippen molar-refractivity contribution in [2.24, 2.45) is 0 Å². The van der Waals surface area contributed by atoms with E-state index in [1.54, 1.807) is 36.0 Å². The predicted octanol–water partition coefficient (Wildman–Crippen LogP) is 4.68. The van der Waals surface area contributed by atoms with Crippen molar-refractivity contribution >= 4 is 24.3 Å². The Morgan fingerprint density at radius 2 is 1.79 bits per heavy atom. The zero-order chi connectivity index (χ0) is 33.8. The molecule has 1 aliphatic heterocycles. The van der Waals surface area contributed by atoms with Gasteiger partial charge in [0.2, 0.25) is 0 Å². The number of nitrogens with zero attached hydrogens (tertiary/aromatic N) is 4. The number of carbonyl (C=O) groups excluding carboxylic acids is 1. The molecule has 3 heterocycles. The molecule has 242 valence electrons. The quantitative estimate of drug-likeness (QED) is 0.0745. The lowest BCUT2D eigenvalue weighted by Gasteiger charge is -2.34. The number of nitriles is 1. The van der Waals surface area contributed by atoms with Crippen LogP contribution in [-0.2, 0) is 16.1 Å². The molecular weight excluding hydrogens is 600 g/mol. The first kappa shape index (κ1) is 34.1. The molecule has 4 aromatic rings. The molecule has 1 fully saturated rings. The van der Waals surface area contributed by atoms with Crippen molar-refractivity contribution in [2.45, 2.75) is 32.4 Å². The fourth-order valence-electron chi connectivity index (χ4n) is 5.49. The number of phenolic OH excluding ortho intramolecular Hbond substituents is 1. The van der Waals surface area contributed by atoms with E-state index in [1.165, 1.54) is 13.2 Å². The number of anilines is 1. The predicted molar refractivity (Wildman–Crippen MR) is 177 cm³/mol. The van der Waals surface area contributed by atoms with Crippen LogP contribution in [-0.4, -0.2) is 64.0 Å². The van der Waals surface area contributed by atoms with Crippen molar-refractivity contribution in [2.75, 3.05) is 25.1 Å². The fraction of sp³-hybridized carbons (Fsp3) is 0.229. The third-order valence-electron chi connectivity index (χ3n) is 7.86. The van der Waals surface area contributed by atoms with E-state index in [2.05, 4.69) is 28.2 Å². The molecule has 47 heavy (non-hydrogen) atoms. The van der Waals surface area contributed by atoms with Crippen LogP contribution in [0.5, 0.6) is 11.5 Å². The third-order valence-corrected chi connectivity index (χ3v) is 7.86. The Morgan fingerprint density at radius 1 is 1.09 bits per heavy atom. The highest BCUT2D eigenvalue weighted by Gasteiger charge is 2.24. The fourth-order valence-corrected chi connectivity index (χ4v) is 5.49. The monoisotopic (exact) mass is 636 g/mol. The second kappa shape index (κ2) is 16.5. The zero-order valence-electron chi connectivity index (χ0n) is 26.1. The number of pyridine rings is 2. The molecule has 2 aromatic carbocycles. The van der Waals surface area contributed by atoms with E-state index in [9.17, 15) is 15.2 Å². The van der Waals surface area contributed by atoms with Gasteiger partial charge in [-0.25, -0.2) is 15.4 Å². The third kappa shape index (κ3) is 8.70. The summed E-state index contributed by atoms with van der Waals surface area (Å²) in [5.74, 6) is 0.781. The Morgan fingerprint density at radius 3 is 2.38 bits per heavy atom. The highest BCUT2D eigenvalue weighted by Crippen LogP contribution is 2.40. The number of phenols is 1. The van der Waals surface area contributed by atoms with Crippen LogP contribution in [0.1, 0.15) is 35.2 Å². The van der Waals surface area contributed by atoms with Gasteiger partial charge in [-0.1, -0.05) is 30.3 Å². The molecule has 0 bridgehead atoms. The van der Waals surface area contributed by atoms with Gasteiger partial charge in [0, 0.05) is 60.8 Å². The summed E-state index contributed by atoms with van der Waals surface area (Å²) < 4.78 is 5.23. The standard InChI is InChI=1S/C34H34N6O4.CH2O2/c1-22-33(26-8-10-28(18-35)37-20-26)29(25-9-11-31(44-2)30(41)17-25)21-38-34(22)40-15-13-27(14-16-40)36-19-24-5-3-23(4-6-24)7-12-32(42)39-43;2-1-3/h3-12,17,20-21,27,36,41,43H,13-16,19H2,1-2H3,(H,39,42);1H,(H,2,3)/b12-7+;. The van der Waals surface area contributed by atoms with E-state index >= 15 is 0 Å². The lowest BCUT2D eigenvalue weighted by Crippen LogP contribution is -2.42. The summed E-state index contributed by atoms with van der Waals surface area (Å²) in [7, 11) is 1.52. The van der Waals surface area contributed by atoms with Gasteiger partial charge in [0.05, 0.1) is 7.11 Å². The molecule has 12 nitrogen and oxygen atoms in total. The number of piperidine rings is 1. The van der Waals surface area contributed by atoms with Gasteiger partial charge in [-0.2, -0.15) is 5.26 Å². The first-order valence-electron chi connectivity index (χ1n) is 14.8. The number of carboxylic acid groups (broad SMARTS) is 1. The van der Waals surface area contributed by atoms with Crippen LogP contribution in [0.4, 0.5) is 5.82 Å². The molecule has 0 atom stereocenters. The summed E-state index contributed by atoms with van der Waals surface area (Å²) in [5.41, 5.74) is 8.42. The van der Waals surface area contributed by atoms with Gasteiger partial charge in [-0.15, -0.1) is 0 Å². The molecule has 1 amide bonds. The summed E-state index contributed by atoms with van der Waals surface area (Å²) in [4.78, 5) is 31.1. The molecular formula is C35H36N6O6. The summed E-state index contributed by atoms with van der Waals surface area (Å²) in [6.07, 6.45) is 8.39. The Labute approximate surface area is 272 Å². The number of nitrogens with one attached hydrogen (secondary N) is 2. The molecule has 12 heteroatoms. The van der Waals surface area contributed by atoms with E-state index in [4.69, 9.17) is 24.8 Å². The minimum absolute atomic E-state index is 0.0464. The second-order valence-electron chi connectivity index (χ2n) is 10.7. The first-order chi connectivity index (χ1) is 22.8. The van der Waals surface area contributed by atoms with Crippen LogP contribution in [0.25, 0.3) is 28.3 Å². The van der Waals surface area contributed by atoms with Crippen LogP contribution >= 0.6 is 0 Å². The molecule has 2 aromatic heterocycles. The van der Waals surface area contributed by atoms with Crippen molar-refractivity contribution in [3.63, 3.8) is 0 Å². The van der Waals surface area contributed by atoms with Crippen LogP contribution in [0.15, 0.2) is 73.1 Å². The summed E-state index contributed by atoms with van der Waals surface area (Å²) in [5, 5.41) is 38.9. The topological polar surface area (TPSA) is 181 Å². The lowest BCUT2D eigenvalue weighted by molar-refractivity contribution is -0.124. The average molecular weight is 637 g/mol. The molecule has 0 unspecified atom stereocenters. The van der Waals surface area contributed by atoms with Crippen LogP contribution < -0.4 is 20.4 Å². The van der Waals surface area contributed by atoms with Crippen LogP contribution in [0.3, 0.4) is 0 Å². The average Bonchev–Trinajstić information content (AvgIpc) is 3.10. The highest BCUT2D eigenvalue weighted by atomic mass is 16.5. The number of hydroxylamine groups is 1. The smallest absolute Gasteiger partial charge is 0.290 e. The number of hydrogen-bond acceptors (Lipinski definition) is 10. The van der Waals surface area contributed by atoms with Crippen LogP contribution in [0.2, 0.25) is 0 Å². The van der Waals surface area contributed by atoms with Gasteiger partial charge >= 0.3 is 0 Å². The number of aromatic nitrogens is 2. The molecule has 0 aliphatic carbocycles. The van der Waals surface area contributed by atoms with Gasteiger partial charge in [-0.3, -0.25) is 14.8 Å². The Balaban J connectivity index is 0.00000160. The van der Waals surface area contributed by atoms with Gasteiger partial charge in [0.1, 0.15) is 17.6 Å². The van der Waals surface area contributed by atoms with Gasteiger partial charge in [0.15, 0.2) is 11.5 Å². The number of methoxy groups -OCH3 is 1. The first-order valence-corrected chi connectivity index (χ1v) is 14.8. The van der Waals surface area contributed by atoms with Crippen LogP contribution in [0, 0.1) is 18.3 Å². The molecule has 1 saturated heterocycles. The normalized spacial score (nSPS) is 12.9. The number of amides is 1. The molecule has 0 saturated carbocycles. The van der Waals surface area contributed by atoms with Gasteiger partial charge in [-0.05, 0) is 72.4 Å². The van der Waals surface area contributed by atoms with Crippen molar-refractivity contribution in [1.29, 1.82) is 5.26 Å². The summed E-state index contributed by atoms with van der Waals surface area (Å²) in [6, 6.07) is 19.3. The number of rotatable bonds is 9. The SMILES string of the molecule is COc1ccc(-c2cnc(N3CCC(NCc4ccc(/C=C/C(=O)NO)cc4)CC3)c(C)c2-c2ccc(C#N)nc2)cc1O.O=CO. The molecule has 1 aliphatic rings. The van der Waals surface area contributed by atoms with Crippen molar-refractivity contribution < 1.29 is 29.7 Å².